The Morgan fingerprint density at radius 1 is 0.906 bits per heavy atom. The molecule has 3 aromatic rings. The minimum absolute atomic E-state index is 0.0200. The highest BCUT2D eigenvalue weighted by molar-refractivity contribution is 6.88. The summed E-state index contributed by atoms with van der Waals surface area (Å²) in [5, 5.41) is 1.38. The molecule has 164 valence electrons. The standard InChI is InChI=1S/C28H33N3Si/c1-7-28(8-2)20(3)27-30(21-14-10-9-11-15-21)25-18-22(32(4,5)6)19-29-26(25)31(27)24-17-13-12-16-23(24)28/h9-19,27H,3,7-8H2,1-2,4-6H3. The Bertz CT molecular complexity index is 1170. The lowest BCUT2D eigenvalue weighted by Crippen LogP contribution is -2.50. The number of fused-ring (bicyclic) bond motifs is 5. The largest absolute Gasteiger partial charge is 0.313 e. The molecule has 0 N–H and O–H groups in total. The summed E-state index contributed by atoms with van der Waals surface area (Å²) >= 11 is 0. The fraction of sp³-hybridized carbons (Fsp3) is 0.321. The van der Waals surface area contributed by atoms with Crippen LogP contribution in [0.15, 0.2) is 79.0 Å². The molecule has 32 heavy (non-hydrogen) atoms. The lowest BCUT2D eigenvalue weighted by atomic mass is 9.66. The van der Waals surface area contributed by atoms with Crippen LogP contribution in [0.5, 0.6) is 0 Å². The lowest BCUT2D eigenvalue weighted by molar-refractivity contribution is 0.425. The van der Waals surface area contributed by atoms with E-state index in [4.69, 9.17) is 11.6 Å². The van der Waals surface area contributed by atoms with Crippen molar-refractivity contribution in [3.8, 4) is 0 Å². The molecule has 0 bridgehead atoms. The molecule has 0 saturated carbocycles. The highest BCUT2D eigenvalue weighted by atomic mass is 28.3. The molecule has 5 rings (SSSR count). The van der Waals surface area contributed by atoms with Crippen molar-refractivity contribution in [1.82, 2.24) is 4.98 Å². The van der Waals surface area contributed by atoms with Crippen LogP contribution in [0.2, 0.25) is 19.6 Å². The first-order chi connectivity index (χ1) is 15.3. The number of hydrogen-bond donors (Lipinski definition) is 0. The first-order valence-electron chi connectivity index (χ1n) is 11.8. The Hall–Kier alpha value is -2.85. The average Bonchev–Trinajstić information content (AvgIpc) is 3.15. The topological polar surface area (TPSA) is 19.4 Å². The van der Waals surface area contributed by atoms with Crippen LogP contribution in [0.4, 0.5) is 22.9 Å². The Kier molecular flexibility index (Phi) is 4.82. The second kappa shape index (κ2) is 7.34. The minimum atomic E-state index is -1.52. The van der Waals surface area contributed by atoms with Gasteiger partial charge in [-0.05, 0) is 53.4 Å². The highest BCUT2D eigenvalue weighted by Gasteiger charge is 2.52. The predicted octanol–water partition coefficient (Wildman–Crippen LogP) is 6.87. The zero-order valence-electron chi connectivity index (χ0n) is 19.9. The summed E-state index contributed by atoms with van der Waals surface area (Å²) in [7, 11) is -1.52. The monoisotopic (exact) mass is 439 g/mol. The van der Waals surface area contributed by atoms with E-state index in [1.165, 1.54) is 33.4 Å². The van der Waals surface area contributed by atoms with E-state index >= 15 is 0 Å². The number of rotatable bonds is 4. The zero-order valence-corrected chi connectivity index (χ0v) is 20.9. The van der Waals surface area contributed by atoms with Crippen molar-refractivity contribution in [1.29, 1.82) is 0 Å². The first-order valence-corrected chi connectivity index (χ1v) is 15.3. The molecule has 0 amide bonds. The van der Waals surface area contributed by atoms with Gasteiger partial charge in [-0.1, -0.05) is 76.5 Å². The van der Waals surface area contributed by atoms with E-state index in [-0.39, 0.29) is 11.6 Å². The molecule has 0 saturated heterocycles. The van der Waals surface area contributed by atoms with Crippen molar-refractivity contribution in [2.75, 3.05) is 9.80 Å². The summed E-state index contributed by atoms with van der Waals surface area (Å²) in [6, 6.07) is 22.0. The summed E-state index contributed by atoms with van der Waals surface area (Å²) in [5.41, 5.74) is 6.24. The van der Waals surface area contributed by atoms with Gasteiger partial charge in [0.2, 0.25) is 0 Å². The summed E-state index contributed by atoms with van der Waals surface area (Å²) in [6.07, 6.45) is 4.21. The van der Waals surface area contributed by atoms with E-state index in [2.05, 4.69) is 110 Å². The van der Waals surface area contributed by atoms with Gasteiger partial charge in [0.25, 0.3) is 0 Å². The molecular weight excluding hydrogens is 406 g/mol. The third-order valence-corrected chi connectivity index (χ3v) is 9.54. The van der Waals surface area contributed by atoms with E-state index < -0.39 is 8.07 Å². The molecular formula is C28H33N3Si. The van der Waals surface area contributed by atoms with Gasteiger partial charge in [-0.25, -0.2) is 4.98 Å². The van der Waals surface area contributed by atoms with E-state index in [9.17, 15) is 0 Å². The Balaban J connectivity index is 1.82. The Morgan fingerprint density at radius 3 is 2.22 bits per heavy atom. The van der Waals surface area contributed by atoms with Gasteiger partial charge >= 0.3 is 0 Å². The van der Waals surface area contributed by atoms with Crippen molar-refractivity contribution >= 4 is 36.1 Å². The number of anilines is 4. The molecule has 3 nitrogen and oxygen atoms in total. The van der Waals surface area contributed by atoms with Gasteiger partial charge < -0.3 is 4.90 Å². The predicted molar refractivity (Wildman–Crippen MR) is 140 cm³/mol. The molecule has 1 unspecified atom stereocenters. The van der Waals surface area contributed by atoms with Gasteiger partial charge in [-0.2, -0.15) is 0 Å². The number of benzene rings is 2. The van der Waals surface area contributed by atoms with Gasteiger partial charge in [0.05, 0.1) is 13.8 Å². The van der Waals surface area contributed by atoms with E-state index in [1.807, 2.05) is 0 Å². The normalized spacial score (nSPS) is 18.9. The van der Waals surface area contributed by atoms with Crippen molar-refractivity contribution in [2.45, 2.75) is 57.9 Å². The SMILES string of the molecule is C=C1C2N(c3ccccc3)c3cc([Si](C)(C)C)cnc3N2c2ccccc2C1(CC)CC. The average molecular weight is 440 g/mol. The van der Waals surface area contributed by atoms with Crippen molar-refractivity contribution in [2.24, 2.45) is 0 Å². The number of nitrogens with zero attached hydrogens (tertiary/aromatic N) is 3. The molecule has 1 aromatic heterocycles. The van der Waals surface area contributed by atoms with Gasteiger partial charge in [0, 0.05) is 23.0 Å². The van der Waals surface area contributed by atoms with Crippen molar-refractivity contribution in [3.05, 3.63) is 84.6 Å². The van der Waals surface area contributed by atoms with Crippen LogP contribution in [0.25, 0.3) is 0 Å². The summed E-state index contributed by atoms with van der Waals surface area (Å²) in [4.78, 5) is 10.0. The second-order valence-corrected chi connectivity index (χ2v) is 15.2. The molecule has 0 aliphatic carbocycles. The number of pyridine rings is 1. The van der Waals surface area contributed by atoms with Crippen LogP contribution in [0.3, 0.4) is 0 Å². The second-order valence-electron chi connectivity index (χ2n) is 10.1. The van der Waals surface area contributed by atoms with Crippen LogP contribution in [-0.2, 0) is 5.41 Å². The Morgan fingerprint density at radius 2 is 1.56 bits per heavy atom. The van der Waals surface area contributed by atoms with E-state index in [0.717, 1.165) is 18.7 Å². The third-order valence-electron chi connectivity index (χ3n) is 7.54. The zero-order chi connectivity index (χ0) is 22.7. The first kappa shape index (κ1) is 21.0. The van der Waals surface area contributed by atoms with Crippen molar-refractivity contribution in [3.63, 3.8) is 0 Å². The van der Waals surface area contributed by atoms with Gasteiger partial charge in [0.15, 0.2) is 5.82 Å². The molecule has 0 fully saturated rings. The van der Waals surface area contributed by atoms with E-state index in [0.29, 0.717) is 0 Å². The number of para-hydroxylation sites is 2. The highest BCUT2D eigenvalue weighted by Crippen LogP contribution is 2.58. The summed E-state index contributed by atoms with van der Waals surface area (Å²) < 4.78 is 0. The molecule has 3 heterocycles. The third kappa shape index (κ3) is 2.82. The van der Waals surface area contributed by atoms with Crippen molar-refractivity contribution < 1.29 is 0 Å². The van der Waals surface area contributed by atoms with Crippen LogP contribution in [-0.4, -0.2) is 19.2 Å². The summed E-state index contributed by atoms with van der Waals surface area (Å²) in [6.45, 7) is 16.5. The van der Waals surface area contributed by atoms with Crippen LogP contribution in [0.1, 0.15) is 32.3 Å². The van der Waals surface area contributed by atoms with Gasteiger partial charge in [0.1, 0.15) is 6.17 Å². The molecule has 2 aliphatic rings. The molecule has 0 spiro atoms. The quantitative estimate of drug-likeness (QED) is 0.327. The maximum absolute atomic E-state index is 5.10. The summed E-state index contributed by atoms with van der Waals surface area (Å²) in [5.74, 6) is 1.04. The van der Waals surface area contributed by atoms with E-state index in [1.54, 1.807) is 0 Å². The van der Waals surface area contributed by atoms with Crippen LogP contribution < -0.4 is 15.0 Å². The molecule has 1 atom stereocenters. The molecule has 2 aliphatic heterocycles. The fourth-order valence-corrected chi connectivity index (χ4v) is 6.62. The van der Waals surface area contributed by atoms with Gasteiger partial charge in [-0.3, -0.25) is 4.90 Å². The minimum Gasteiger partial charge on any atom is -0.313 e. The van der Waals surface area contributed by atoms with Crippen LogP contribution in [0, 0.1) is 0 Å². The molecule has 4 heteroatoms. The lowest BCUT2D eigenvalue weighted by Gasteiger charge is -2.49. The molecule has 0 radical (unpaired) electrons. The smallest absolute Gasteiger partial charge is 0.159 e. The maximum Gasteiger partial charge on any atom is 0.159 e. The van der Waals surface area contributed by atoms with Crippen LogP contribution >= 0.6 is 0 Å². The number of aromatic nitrogens is 1. The molecule has 2 aromatic carbocycles. The Labute approximate surface area is 193 Å². The van der Waals surface area contributed by atoms with Gasteiger partial charge in [-0.15, -0.1) is 0 Å². The fourth-order valence-electron chi connectivity index (χ4n) is 5.60. The maximum atomic E-state index is 5.10. The number of hydrogen-bond acceptors (Lipinski definition) is 3.